The Hall–Kier alpha value is -1.31. The highest BCUT2D eigenvalue weighted by atomic mass is 28.3. The van der Waals surface area contributed by atoms with Crippen molar-refractivity contribution in [3.63, 3.8) is 0 Å². The van der Waals surface area contributed by atoms with Crippen molar-refractivity contribution in [3.05, 3.63) is 29.8 Å². The van der Waals surface area contributed by atoms with E-state index in [9.17, 15) is 0 Å². The molecule has 0 bridgehead atoms. The first-order valence-electron chi connectivity index (χ1n) is 5.68. The molecule has 0 N–H and O–H groups in total. The van der Waals surface area contributed by atoms with Crippen LogP contribution >= 0.6 is 0 Å². The average Bonchev–Trinajstić information content (AvgIpc) is 2.28. The van der Waals surface area contributed by atoms with E-state index in [0.29, 0.717) is 5.56 Å². The Kier molecular flexibility index (Phi) is 4.73. The Labute approximate surface area is 104 Å². The van der Waals surface area contributed by atoms with Crippen LogP contribution in [-0.4, -0.2) is 20.6 Å². The van der Waals surface area contributed by atoms with Gasteiger partial charge in [-0.3, -0.25) is 0 Å². The lowest BCUT2D eigenvalue weighted by molar-refractivity contribution is 0.000295. The molecule has 0 aliphatic rings. The standard InChI is InChI=1S/C13H19NO2Si/c1-11(17(2,3)4)15-10-16-13-7-5-12(9-14)6-8-13/h5-8,11H,10H2,1-4H3. The van der Waals surface area contributed by atoms with Gasteiger partial charge in [0.25, 0.3) is 0 Å². The third-order valence-electron chi connectivity index (χ3n) is 2.75. The van der Waals surface area contributed by atoms with Crippen molar-refractivity contribution < 1.29 is 9.47 Å². The summed E-state index contributed by atoms with van der Waals surface area (Å²) in [5.41, 5.74) is 0.898. The Morgan fingerprint density at radius 1 is 1.24 bits per heavy atom. The number of ether oxygens (including phenoxy) is 2. The zero-order chi connectivity index (χ0) is 12.9. The minimum absolute atomic E-state index is 0.261. The summed E-state index contributed by atoms with van der Waals surface area (Å²) in [6.07, 6.45) is 0. The van der Waals surface area contributed by atoms with Gasteiger partial charge in [-0.2, -0.15) is 5.26 Å². The van der Waals surface area contributed by atoms with Crippen molar-refractivity contribution in [2.45, 2.75) is 32.3 Å². The zero-order valence-corrected chi connectivity index (χ0v) is 11.9. The molecule has 0 amide bonds. The third-order valence-corrected chi connectivity index (χ3v) is 5.35. The second-order valence-electron chi connectivity index (χ2n) is 5.07. The number of nitriles is 1. The highest BCUT2D eigenvalue weighted by Gasteiger charge is 2.23. The maximum absolute atomic E-state index is 8.66. The Bertz CT molecular complexity index is 389. The van der Waals surface area contributed by atoms with Crippen LogP contribution in [0.5, 0.6) is 5.75 Å². The van der Waals surface area contributed by atoms with Crippen LogP contribution in [0.15, 0.2) is 24.3 Å². The minimum atomic E-state index is -1.26. The largest absolute Gasteiger partial charge is 0.468 e. The maximum atomic E-state index is 8.66. The molecule has 0 saturated heterocycles. The summed E-state index contributed by atoms with van der Waals surface area (Å²) in [5, 5.41) is 8.66. The van der Waals surface area contributed by atoms with Crippen molar-refractivity contribution in [1.82, 2.24) is 0 Å². The third kappa shape index (κ3) is 4.59. The van der Waals surface area contributed by atoms with Crippen molar-refractivity contribution in [2.24, 2.45) is 0 Å². The number of hydrogen-bond donors (Lipinski definition) is 0. The van der Waals surface area contributed by atoms with Gasteiger partial charge < -0.3 is 9.47 Å². The van der Waals surface area contributed by atoms with E-state index in [1.165, 1.54) is 0 Å². The Morgan fingerprint density at radius 3 is 2.29 bits per heavy atom. The van der Waals surface area contributed by atoms with Crippen molar-refractivity contribution in [3.8, 4) is 11.8 Å². The lowest BCUT2D eigenvalue weighted by atomic mass is 10.2. The molecule has 0 heterocycles. The van der Waals surface area contributed by atoms with E-state index in [4.69, 9.17) is 14.7 Å². The Morgan fingerprint density at radius 2 is 1.82 bits per heavy atom. The topological polar surface area (TPSA) is 42.2 Å². The van der Waals surface area contributed by atoms with E-state index in [1.807, 2.05) is 0 Å². The fourth-order valence-electron chi connectivity index (χ4n) is 1.08. The van der Waals surface area contributed by atoms with Gasteiger partial charge in [0.1, 0.15) is 5.75 Å². The molecule has 0 aromatic heterocycles. The van der Waals surface area contributed by atoms with Gasteiger partial charge in [-0.05, 0) is 31.2 Å². The first-order valence-corrected chi connectivity index (χ1v) is 9.26. The van der Waals surface area contributed by atoms with Crippen LogP contribution in [0, 0.1) is 11.3 Å². The summed E-state index contributed by atoms with van der Waals surface area (Å²) in [6.45, 7) is 9.14. The van der Waals surface area contributed by atoms with Gasteiger partial charge in [0.2, 0.25) is 0 Å². The molecule has 0 spiro atoms. The maximum Gasteiger partial charge on any atom is 0.188 e. The van der Waals surface area contributed by atoms with E-state index in [-0.39, 0.29) is 12.5 Å². The van der Waals surface area contributed by atoms with E-state index in [1.54, 1.807) is 24.3 Å². The molecule has 1 unspecified atom stereocenters. The SMILES string of the molecule is CC(OCOc1ccc(C#N)cc1)[Si](C)(C)C. The van der Waals surface area contributed by atoms with Crippen LogP contribution in [0.2, 0.25) is 19.6 Å². The van der Waals surface area contributed by atoms with E-state index < -0.39 is 8.07 Å². The molecule has 0 aliphatic heterocycles. The second kappa shape index (κ2) is 5.85. The minimum Gasteiger partial charge on any atom is -0.468 e. The summed E-state index contributed by atoms with van der Waals surface area (Å²) < 4.78 is 11.1. The molecule has 0 radical (unpaired) electrons. The van der Waals surface area contributed by atoms with Gasteiger partial charge in [-0.15, -0.1) is 0 Å². The lowest BCUT2D eigenvalue weighted by Crippen LogP contribution is -2.38. The lowest BCUT2D eigenvalue weighted by Gasteiger charge is -2.25. The highest BCUT2D eigenvalue weighted by molar-refractivity contribution is 6.77. The van der Waals surface area contributed by atoms with Crippen molar-refractivity contribution in [2.75, 3.05) is 6.79 Å². The van der Waals surface area contributed by atoms with Crippen LogP contribution in [0.1, 0.15) is 12.5 Å². The number of hydrogen-bond acceptors (Lipinski definition) is 3. The van der Waals surface area contributed by atoms with Gasteiger partial charge in [0.05, 0.1) is 19.7 Å². The van der Waals surface area contributed by atoms with Gasteiger partial charge in [-0.1, -0.05) is 19.6 Å². The van der Waals surface area contributed by atoms with E-state index in [2.05, 4.69) is 32.6 Å². The van der Waals surface area contributed by atoms with Gasteiger partial charge in [-0.25, -0.2) is 0 Å². The molecule has 3 nitrogen and oxygen atoms in total. The molecule has 0 aliphatic carbocycles. The molecule has 0 fully saturated rings. The monoisotopic (exact) mass is 249 g/mol. The summed E-state index contributed by atoms with van der Waals surface area (Å²) in [5.74, 6) is 0.728. The predicted molar refractivity (Wildman–Crippen MR) is 70.5 cm³/mol. The fraction of sp³-hybridized carbons (Fsp3) is 0.462. The van der Waals surface area contributed by atoms with Crippen molar-refractivity contribution in [1.29, 1.82) is 5.26 Å². The molecule has 1 aromatic carbocycles. The molecule has 1 aromatic rings. The van der Waals surface area contributed by atoms with Gasteiger partial charge in [0.15, 0.2) is 6.79 Å². The van der Waals surface area contributed by atoms with E-state index in [0.717, 1.165) is 5.75 Å². The first kappa shape index (κ1) is 13.8. The van der Waals surface area contributed by atoms with Gasteiger partial charge in [0, 0.05) is 5.73 Å². The molecular formula is C13H19NO2Si. The first-order chi connectivity index (χ1) is 7.93. The molecule has 1 rings (SSSR count). The normalized spacial score (nSPS) is 12.9. The smallest absolute Gasteiger partial charge is 0.188 e. The average molecular weight is 249 g/mol. The van der Waals surface area contributed by atoms with E-state index >= 15 is 0 Å². The van der Waals surface area contributed by atoms with Crippen LogP contribution in [0.3, 0.4) is 0 Å². The predicted octanol–water partition coefficient (Wildman–Crippen LogP) is 3.18. The second-order valence-corrected chi connectivity index (χ2v) is 10.6. The number of rotatable bonds is 5. The zero-order valence-electron chi connectivity index (χ0n) is 10.9. The summed E-state index contributed by atoms with van der Waals surface area (Å²) in [6, 6.07) is 9.09. The van der Waals surface area contributed by atoms with Crippen LogP contribution < -0.4 is 4.74 Å². The summed E-state index contributed by atoms with van der Waals surface area (Å²) >= 11 is 0. The highest BCUT2D eigenvalue weighted by Crippen LogP contribution is 2.14. The Balaban J connectivity index is 2.39. The van der Waals surface area contributed by atoms with Crippen LogP contribution in [-0.2, 0) is 4.74 Å². The quantitative estimate of drug-likeness (QED) is 0.594. The number of nitrogens with zero attached hydrogens (tertiary/aromatic N) is 1. The summed E-state index contributed by atoms with van der Waals surface area (Å²) in [4.78, 5) is 0. The number of benzene rings is 1. The fourth-order valence-corrected chi connectivity index (χ4v) is 1.65. The van der Waals surface area contributed by atoms with Gasteiger partial charge >= 0.3 is 0 Å². The van der Waals surface area contributed by atoms with Crippen molar-refractivity contribution >= 4 is 8.07 Å². The molecule has 17 heavy (non-hydrogen) atoms. The molecule has 92 valence electrons. The molecule has 4 heteroatoms. The van der Waals surface area contributed by atoms with Crippen LogP contribution in [0.25, 0.3) is 0 Å². The molecule has 1 atom stereocenters. The summed E-state index contributed by atoms with van der Waals surface area (Å²) in [7, 11) is -1.26. The molecule has 0 saturated carbocycles. The van der Waals surface area contributed by atoms with Crippen LogP contribution in [0.4, 0.5) is 0 Å². The molecular weight excluding hydrogens is 230 g/mol.